The second kappa shape index (κ2) is 28.4. The van der Waals surface area contributed by atoms with Crippen LogP contribution in [0.5, 0.6) is 0 Å². The Morgan fingerprint density at radius 3 is 1.33 bits per heavy atom. The number of nitro groups is 2. The van der Waals surface area contributed by atoms with Crippen molar-refractivity contribution >= 4 is 23.0 Å². The molecule has 0 spiro atoms. The Hall–Kier alpha value is -3.07. The van der Waals surface area contributed by atoms with Crippen molar-refractivity contribution in [2.24, 2.45) is 0 Å². The first-order chi connectivity index (χ1) is 22.0. The maximum Gasteiger partial charge on any atom is 0.331 e. The van der Waals surface area contributed by atoms with Gasteiger partial charge < -0.3 is 52.7 Å². The topological polar surface area (TPSA) is 208 Å². The molecule has 258 valence electrons. The van der Waals surface area contributed by atoms with Crippen LogP contribution >= 0.6 is 0 Å². The van der Waals surface area contributed by atoms with E-state index >= 15 is 0 Å². The molecule has 0 saturated carbocycles. The van der Waals surface area contributed by atoms with E-state index in [4.69, 9.17) is 42.6 Å². The lowest BCUT2D eigenvalue weighted by atomic mass is 10.2. The first-order valence-electron chi connectivity index (χ1n) is 14.4. The molecular weight excluding hydrogens is 606 g/mol. The molecule has 0 amide bonds. The molecule has 0 radical (unpaired) electrons. The summed E-state index contributed by atoms with van der Waals surface area (Å²) in [5.74, 6) is -0.422. The smallest absolute Gasteiger partial charge is 0.331 e. The second-order valence-electron chi connectivity index (χ2n) is 8.67. The molecule has 45 heavy (non-hydrogen) atoms. The zero-order chi connectivity index (χ0) is 32.8. The third kappa shape index (κ3) is 23.0. The van der Waals surface area contributed by atoms with Gasteiger partial charge in [0.2, 0.25) is 0 Å². The Labute approximate surface area is 261 Å². The molecule has 18 heteroatoms. The Morgan fingerprint density at radius 2 is 0.978 bits per heavy atom. The minimum absolute atomic E-state index is 0.0861. The number of rotatable bonds is 32. The van der Waals surface area contributed by atoms with Gasteiger partial charge in [-0.05, 0) is 6.07 Å². The van der Waals surface area contributed by atoms with Crippen molar-refractivity contribution in [1.82, 2.24) is 0 Å². The van der Waals surface area contributed by atoms with Crippen LogP contribution in [-0.4, -0.2) is 148 Å². The van der Waals surface area contributed by atoms with Crippen LogP contribution in [0.2, 0.25) is 0 Å². The molecule has 0 aliphatic rings. The number of carbonyl (C=O) groups is 1. The Morgan fingerprint density at radius 1 is 0.600 bits per heavy atom. The van der Waals surface area contributed by atoms with Gasteiger partial charge in [-0.1, -0.05) is 0 Å². The van der Waals surface area contributed by atoms with Crippen LogP contribution < -0.4 is 5.32 Å². The number of anilines is 1. The fourth-order valence-electron chi connectivity index (χ4n) is 3.17. The van der Waals surface area contributed by atoms with E-state index in [-0.39, 0.29) is 36.8 Å². The number of ether oxygens (including phenoxy) is 10. The van der Waals surface area contributed by atoms with Gasteiger partial charge in [-0.3, -0.25) is 20.2 Å². The SMILES string of the molecule is COC(=O)COCCOCCOCCOCCOCCOCCOCCOCCOCCNc1ccc([N+](=O)[O-])cc1[N+](=O)[O-]. The van der Waals surface area contributed by atoms with Gasteiger partial charge in [0.25, 0.3) is 11.4 Å². The number of benzene rings is 1. The van der Waals surface area contributed by atoms with E-state index in [2.05, 4.69) is 10.1 Å². The van der Waals surface area contributed by atoms with Crippen molar-refractivity contribution in [3.63, 3.8) is 0 Å². The average Bonchev–Trinajstić information content (AvgIpc) is 3.03. The van der Waals surface area contributed by atoms with Crippen LogP contribution in [-0.2, 0) is 52.2 Å². The van der Waals surface area contributed by atoms with E-state index in [1.807, 2.05) is 0 Å². The van der Waals surface area contributed by atoms with Crippen LogP contribution in [0.4, 0.5) is 17.1 Å². The summed E-state index contributed by atoms with van der Waals surface area (Å²) in [6.45, 7) is 7.08. The maximum absolute atomic E-state index is 11.1. The fraction of sp³-hybridized carbons (Fsp3) is 0.741. The Balaban J connectivity index is 1.76. The number of hydrogen-bond donors (Lipinski definition) is 1. The first-order valence-corrected chi connectivity index (χ1v) is 14.4. The van der Waals surface area contributed by atoms with Gasteiger partial charge in [0.05, 0.1) is 135 Å². The largest absolute Gasteiger partial charge is 0.467 e. The minimum atomic E-state index is -0.685. The molecular formula is C27H45N3O15. The number of carbonyl (C=O) groups excluding carboxylic acids is 1. The first kappa shape index (κ1) is 40.0. The average molecular weight is 652 g/mol. The summed E-state index contributed by atoms with van der Waals surface area (Å²) in [7, 11) is 1.30. The monoisotopic (exact) mass is 651 g/mol. The molecule has 0 atom stereocenters. The summed E-state index contributed by atoms with van der Waals surface area (Å²) in [6, 6.07) is 3.41. The number of methoxy groups -OCH3 is 1. The lowest BCUT2D eigenvalue weighted by Gasteiger charge is -2.09. The van der Waals surface area contributed by atoms with Crippen molar-refractivity contribution in [2.45, 2.75) is 0 Å². The van der Waals surface area contributed by atoms with Crippen LogP contribution in [0.25, 0.3) is 0 Å². The Bertz CT molecular complexity index is 925. The summed E-state index contributed by atoms with van der Waals surface area (Å²) in [5, 5.41) is 24.8. The van der Waals surface area contributed by atoms with Gasteiger partial charge in [0, 0.05) is 12.6 Å². The summed E-state index contributed by atoms with van der Waals surface area (Å²) < 4.78 is 52.7. The highest BCUT2D eigenvalue weighted by molar-refractivity contribution is 5.70. The highest BCUT2D eigenvalue weighted by atomic mass is 16.6. The molecule has 0 bridgehead atoms. The standard InChI is InChI=1S/C27H45N3O15/c1-36-27(31)23-45-21-20-44-19-18-43-17-16-42-15-14-41-13-12-40-11-10-39-9-8-38-7-6-37-5-4-28-25-3-2-24(29(32)33)22-26(25)30(34)35/h2-3,22,28H,4-21,23H2,1H3. The maximum atomic E-state index is 11.1. The van der Waals surface area contributed by atoms with Crippen LogP contribution in [0.15, 0.2) is 18.2 Å². The Kier molecular flexibility index (Phi) is 25.2. The normalized spacial score (nSPS) is 11.0. The fourth-order valence-corrected chi connectivity index (χ4v) is 3.17. The van der Waals surface area contributed by atoms with Crippen LogP contribution in [0.1, 0.15) is 0 Å². The molecule has 18 nitrogen and oxygen atoms in total. The molecule has 0 heterocycles. The molecule has 1 aromatic carbocycles. The predicted molar refractivity (Wildman–Crippen MR) is 158 cm³/mol. The molecule has 1 N–H and O–H groups in total. The predicted octanol–water partition coefficient (Wildman–Crippen LogP) is 1.24. The highest BCUT2D eigenvalue weighted by Crippen LogP contribution is 2.28. The third-order valence-electron chi connectivity index (χ3n) is 5.37. The number of nitrogens with one attached hydrogen (secondary N) is 1. The molecule has 0 unspecified atom stereocenters. The van der Waals surface area contributed by atoms with Gasteiger partial charge >= 0.3 is 5.97 Å². The molecule has 0 fully saturated rings. The van der Waals surface area contributed by atoms with Crippen molar-refractivity contribution in [1.29, 1.82) is 0 Å². The van der Waals surface area contributed by atoms with E-state index in [0.29, 0.717) is 106 Å². The lowest BCUT2D eigenvalue weighted by Crippen LogP contribution is -2.16. The van der Waals surface area contributed by atoms with Crippen LogP contribution in [0.3, 0.4) is 0 Å². The number of hydrogen-bond acceptors (Lipinski definition) is 16. The number of nitrogens with zero attached hydrogens (tertiary/aromatic N) is 2. The van der Waals surface area contributed by atoms with Gasteiger partial charge in [-0.2, -0.15) is 0 Å². The van der Waals surface area contributed by atoms with Gasteiger partial charge in [0.1, 0.15) is 12.3 Å². The van der Waals surface area contributed by atoms with Crippen molar-refractivity contribution < 1.29 is 62.0 Å². The van der Waals surface area contributed by atoms with Gasteiger partial charge in [-0.25, -0.2) is 4.79 Å². The lowest BCUT2D eigenvalue weighted by molar-refractivity contribution is -0.393. The second-order valence-corrected chi connectivity index (χ2v) is 8.67. The molecule has 0 aromatic heterocycles. The zero-order valence-electron chi connectivity index (χ0n) is 25.7. The molecule has 0 aliphatic heterocycles. The number of esters is 1. The molecule has 1 aromatic rings. The van der Waals surface area contributed by atoms with Gasteiger partial charge in [-0.15, -0.1) is 0 Å². The summed E-state index contributed by atoms with van der Waals surface area (Å²) in [4.78, 5) is 31.4. The zero-order valence-corrected chi connectivity index (χ0v) is 25.7. The van der Waals surface area contributed by atoms with Gasteiger partial charge in [0.15, 0.2) is 0 Å². The van der Waals surface area contributed by atoms with Crippen molar-refractivity contribution in [2.75, 3.05) is 138 Å². The summed E-state index contributed by atoms with van der Waals surface area (Å²) in [6.07, 6.45) is 0. The molecule has 0 aliphatic carbocycles. The van der Waals surface area contributed by atoms with E-state index in [1.165, 1.54) is 19.2 Å². The molecule has 1 rings (SSSR count). The van der Waals surface area contributed by atoms with E-state index in [0.717, 1.165) is 6.07 Å². The van der Waals surface area contributed by atoms with E-state index in [1.54, 1.807) is 0 Å². The van der Waals surface area contributed by atoms with E-state index in [9.17, 15) is 25.0 Å². The van der Waals surface area contributed by atoms with Crippen molar-refractivity contribution in [3.05, 3.63) is 38.4 Å². The molecule has 0 saturated heterocycles. The third-order valence-corrected chi connectivity index (χ3v) is 5.37. The van der Waals surface area contributed by atoms with Crippen molar-refractivity contribution in [3.8, 4) is 0 Å². The minimum Gasteiger partial charge on any atom is -0.467 e. The highest BCUT2D eigenvalue weighted by Gasteiger charge is 2.19. The quantitative estimate of drug-likeness (QED) is 0.0503. The summed E-state index contributed by atoms with van der Waals surface area (Å²) in [5.41, 5.74) is -0.537. The van der Waals surface area contributed by atoms with Crippen LogP contribution in [0, 0.1) is 20.2 Å². The summed E-state index contributed by atoms with van der Waals surface area (Å²) >= 11 is 0. The van der Waals surface area contributed by atoms with E-state index < -0.39 is 15.8 Å². The number of nitro benzene ring substituents is 2. The number of non-ortho nitro benzene ring substituents is 1.